The molecule has 1 aromatic rings. The van der Waals surface area contributed by atoms with Gasteiger partial charge in [-0.25, -0.2) is 0 Å². The third-order valence-electron chi connectivity index (χ3n) is 2.63. The van der Waals surface area contributed by atoms with Crippen LogP contribution in [0.15, 0.2) is 18.3 Å². The Morgan fingerprint density at radius 1 is 1.40 bits per heavy atom. The minimum absolute atomic E-state index is 0.105. The summed E-state index contributed by atoms with van der Waals surface area (Å²) in [5.41, 5.74) is 2.61. The van der Waals surface area contributed by atoms with Crippen LogP contribution in [0.3, 0.4) is 0 Å². The molecule has 0 N–H and O–H groups in total. The Labute approximate surface area is 95.4 Å². The fraction of sp³-hybridized carbons (Fsp3) is 0.583. The van der Waals surface area contributed by atoms with Crippen molar-refractivity contribution in [3.8, 4) is 0 Å². The first-order valence-corrected chi connectivity index (χ1v) is 6.46. The third-order valence-corrected chi connectivity index (χ3v) is 3.43. The zero-order valence-electron chi connectivity index (χ0n) is 9.65. The Balaban J connectivity index is 2.42. The van der Waals surface area contributed by atoms with Gasteiger partial charge in [-0.05, 0) is 17.7 Å². The normalized spacial score (nSPS) is 25.3. The number of pyridine rings is 1. The van der Waals surface area contributed by atoms with Crippen molar-refractivity contribution in [1.82, 2.24) is 4.98 Å². The maximum atomic E-state index is 6.05. The number of hydrogen-bond donors (Lipinski definition) is 0. The summed E-state index contributed by atoms with van der Waals surface area (Å²) in [4.78, 5) is 4.47. The van der Waals surface area contributed by atoms with Crippen molar-refractivity contribution in [3.05, 3.63) is 29.6 Å². The van der Waals surface area contributed by atoms with Crippen molar-refractivity contribution in [2.24, 2.45) is 5.41 Å². The van der Waals surface area contributed by atoms with E-state index in [-0.39, 0.29) is 17.0 Å². The van der Waals surface area contributed by atoms with E-state index in [2.05, 4.69) is 38.1 Å². The highest BCUT2D eigenvalue weighted by Crippen LogP contribution is 2.49. The number of fused-ring (bicyclic) bond motifs is 1. The fourth-order valence-corrected chi connectivity index (χ4v) is 2.58. The minimum Gasteiger partial charge on any atom is -0.353 e. The van der Waals surface area contributed by atoms with Crippen LogP contribution >= 0.6 is 11.8 Å². The van der Waals surface area contributed by atoms with Crippen LogP contribution in [0.2, 0.25) is 0 Å². The second kappa shape index (κ2) is 3.80. The Morgan fingerprint density at radius 3 is 2.73 bits per heavy atom. The molecule has 0 saturated heterocycles. The Kier molecular flexibility index (Phi) is 2.77. The molecule has 0 spiro atoms. The van der Waals surface area contributed by atoms with Gasteiger partial charge in [0.2, 0.25) is 0 Å². The molecule has 2 nitrogen and oxygen atoms in total. The molecule has 0 amide bonds. The van der Waals surface area contributed by atoms with E-state index in [4.69, 9.17) is 4.74 Å². The van der Waals surface area contributed by atoms with Gasteiger partial charge in [0, 0.05) is 11.8 Å². The second-order valence-corrected chi connectivity index (χ2v) is 5.83. The van der Waals surface area contributed by atoms with E-state index >= 15 is 0 Å². The molecule has 0 fully saturated rings. The lowest BCUT2D eigenvalue weighted by Crippen LogP contribution is -2.18. The minimum atomic E-state index is 0.105. The Hall–Kier alpha value is -0.540. The van der Waals surface area contributed by atoms with Gasteiger partial charge in [0.05, 0.1) is 5.69 Å². The molecule has 3 heteroatoms. The molecule has 0 saturated carbocycles. The number of rotatable bonds is 1. The second-order valence-electron chi connectivity index (χ2n) is 4.93. The van der Waals surface area contributed by atoms with E-state index in [1.165, 1.54) is 5.56 Å². The molecule has 1 aromatic heterocycles. The average molecular weight is 223 g/mol. The van der Waals surface area contributed by atoms with Crippen molar-refractivity contribution in [3.63, 3.8) is 0 Å². The molecule has 0 aliphatic carbocycles. The van der Waals surface area contributed by atoms with Gasteiger partial charge < -0.3 is 4.74 Å². The zero-order chi connectivity index (χ0) is 11.1. The number of thioether (sulfide) groups is 1. The van der Waals surface area contributed by atoms with Crippen LogP contribution in [0, 0.1) is 5.41 Å². The highest BCUT2D eigenvalue weighted by molar-refractivity contribution is 7.98. The first kappa shape index (κ1) is 11.0. The quantitative estimate of drug-likeness (QED) is 0.726. The van der Waals surface area contributed by atoms with Gasteiger partial charge in [0.15, 0.2) is 0 Å². The van der Waals surface area contributed by atoms with Crippen molar-refractivity contribution >= 4 is 11.8 Å². The molecule has 82 valence electrons. The molecule has 2 rings (SSSR count). The summed E-state index contributed by atoms with van der Waals surface area (Å²) < 4.78 is 6.05. The van der Waals surface area contributed by atoms with E-state index < -0.39 is 0 Å². The number of hydrogen-bond acceptors (Lipinski definition) is 3. The maximum absolute atomic E-state index is 6.05. The van der Waals surface area contributed by atoms with Gasteiger partial charge in [-0.2, -0.15) is 0 Å². The van der Waals surface area contributed by atoms with Crippen molar-refractivity contribution in [2.75, 3.05) is 6.26 Å². The first-order chi connectivity index (χ1) is 7.04. The molecule has 1 aliphatic rings. The number of nitrogens with zero attached hydrogens (tertiary/aromatic N) is 1. The summed E-state index contributed by atoms with van der Waals surface area (Å²) in [6.07, 6.45) is 4.04. The summed E-state index contributed by atoms with van der Waals surface area (Å²) in [5, 5.41) is 0. The van der Waals surface area contributed by atoms with Crippen molar-refractivity contribution in [2.45, 2.75) is 32.3 Å². The maximum Gasteiger partial charge on any atom is 0.131 e. The monoisotopic (exact) mass is 223 g/mol. The lowest BCUT2D eigenvalue weighted by atomic mass is 9.87. The van der Waals surface area contributed by atoms with Crippen LogP contribution in [-0.4, -0.2) is 11.2 Å². The fourth-order valence-electron chi connectivity index (χ4n) is 1.91. The molecule has 0 bridgehead atoms. The third kappa shape index (κ3) is 1.91. The van der Waals surface area contributed by atoms with E-state index in [1.807, 2.05) is 12.3 Å². The molecule has 1 aliphatic heterocycles. The first-order valence-electron chi connectivity index (χ1n) is 5.17. The van der Waals surface area contributed by atoms with E-state index in [1.54, 1.807) is 11.8 Å². The van der Waals surface area contributed by atoms with Gasteiger partial charge in [0.1, 0.15) is 11.5 Å². The predicted molar refractivity (Wildman–Crippen MR) is 63.8 cm³/mol. The summed E-state index contributed by atoms with van der Waals surface area (Å²) in [6, 6.07) is 4.10. The lowest BCUT2D eigenvalue weighted by molar-refractivity contribution is -0.0138. The molecule has 0 aromatic carbocycles. The molecule has 0 radical (unpaired) electrons. The molecule has 2 unspecified atom stereocenters. The molecular formula is C12H17NOS. The number of ether oxygens (including phenoxy) is 1. The number of aromatic nitrogens is 1. The van der Waals surface area contributed by atoms with Crippen molar-refractivity contribution < 1.29 is 4.74 Å². The van der Waals surface area contributed by atoms with Gasteiger partial charge in [-0.15, -0.1) is 11.8 Å². The SMILES string of the molecule is CSC1OC(C(C)(C)C)c2ncccc21. The van der Waals surface area contributed by atoms with Crippen LogP contribution in [0.25, 0.3) is 0 Å². The summed E-state index contributed by atoms with van der Waals surface area (Å²) in [6.45, 7) is 6.58. The molecular weight excluding hydrogens is 206 g/mol. The van der Waals surface area contributed by atoms with E-state index in [0.717, 1.165) is 5.69 Å². The largest absolute Gasteiger partial charge is 0.353 e. The van der Waals surface area contributed by atoms with E-state index in [9.17, 15) is 0 Å². The van der Waals surface area contributed by atoms with E-state index in [0.29, 0.717) is 0 Å². The zero-order valence-corrected chi connectivity index (χ0v) is 10.5. The van der Waals surface area contributed by atoms with Crippen molar-refractivity contribution in [1.29, 1.82) is 0 Å². The predicted octanol–water partition coefficient (Wildman–Crippen LogP) is 3.56. The highest BCUT2D eigenvalue weighted by atomic mass is 32.2. The van der Waals surface area contributed by atoms with Crippen LogP contribution in [0.4, 0.5) is 0 Å². The van der Waals surface area contributed by atoms with Gasteiger partial charge in [-0.1, -0.05) is 26.8 Å². The summed E-state index contributed by atoms with van der Waals surface area (Å²) >= 11 is 1.73. The lowest BCUT2D eigenvalue weighted by Gasteiger charge is -2.26. The van der Waals surface area contributed by atoms with Crippen LogP contribution in [0.5, 0.6) is 0 Å². The molecule has 2 heterocycles. The Morgan fingerprint density at radius 2 is 2.13 bits per heavy atom. The summed E-state index contributed by atoms with van der Waals surface area (Å²) in [5.74, 6) is 0. The molecule has 2 atom stereocenters. The smallest absolute Gasteiger partial charge is 0.131 e. The van der Waals surface area contributed by atoms with Crippen LogP contribution in [0.1, 0.15) is 43.6 Å². The van der Waals surface area contributed by atoms with Crippen LogP contribution < -0.4 is 0 Å². The average Bonchev–Trinajstić information content (AvgIpc) is 2.55. The summed E-state index contributed by atoms with van der Waals surface area (Å²) in [7, 11) is 0. The standard InChI is InChI=1S/C12H17NOS/c1-12(2,3)10-9-8(6-5-7-13-9)11(14-10)15-4/h5-7,10-11H,1-4H3. The Bertz CT molecular complexity index is 359. The van der Waals surface area contributed by atoms with Gasteiger partial charge in [0.25, 0.3) is 0 Å². The highest BCUT2D eigenvalue weighted by Gasteiger charge is 2.39. The van der Waals surface area contributed by atoms with Gasteiger partial charge >= 0.3 is 0 Å². The van der Waals surface area contributed by atoms with Gasteiger partial charge in [-0.3, -0.25) is 4.98 Å². The topological polar surface area (TPSA) is 22.1 Å². The van der Waals surface area contributed by atoms with Crippen LogP contribution in [-0.2, 0) is 4.74 Å². The molecule has 15 heavy (non-hydrogen) atoms.